The van der Waals surface area contributed by atoms with Crippen molar-refractivity contribution in [2.45, 2.75) is 32.4 Å². The second-order valence-corrected chi connectivity index (χ2v) is 8.13. The van der Waals surface area contributed by atoms with Crippen LogP contribution in [0.3, 0.4) is 0 Å². The van der Waals surface area contributed by atoms with E-state index in [4.69, 9.17) is 11.6 Å². The topological polar surface area (TPSA) is 73.6 Å². The molecule has 30 heavy (non-hydrogen) atoms. The third-order valence-electron chi connectivity index (χ3n) is 5.52. The molecule has 7 heteroatoms. The number of hydrogen-bond acceptors (Lipinski definition) is 6. The van der Waals surface area contributed by atoms with Crippen LogP contribution in [0.2, 0.25) is 5.02 Å². The van der Waals surface area contributed by atoms with Crippen LogP contribution in [0, 0.1) is 6.92 Å². The van der Waals surface area contributed by atoms with E-state index in [-0.39, 0.29) is 6.10 Å². The quantitative estimate of drug-likeness (QED) is 0.601. The molecular weight excluding hydrogens is 398 g/mol. The first-order chi connectivity index (χ1) is 14.5. The molecule has 1 fully saturated rings. The molecule has 0 atom stereocenters. The molecule has 0 radical (unpaired) electrons. The van der Waals surface area contributed by atoms with E-state index < -0.39 is 0 Å². The largest absolute Gasteiger partial charge is 0.393 e. The minimum Gasteiger partial charge on any atom is -0.393 e. The summed E-state index contributed by atoms with van der Waals surface area (Å²) in [4.78, 5) is 6.35. The molecule has 1 saturated heterocycles. The van der Waals surface area contributed by atoms with Crippen LogP contribution in [0.25, 0.3) is 10.8 Å². The number of aliphatic imine (C=N–C) groups is 1. The van der Waals surface area contributed by atoms with Crippen molar-refractivity contribution in [1.29, 1.82) is 0 Å². The number of nitrogens with one attached hydrogen (secondary N) is 1. The number of nitrogens with zero attached hydrogens (tertiary/aromatic N) is 4. The summed E-state index contributed by atoms with van der Waals surface area (Å²) in [6.07, 6.45) is 3.10. The molecule has 0 saturated carbocycles. The molecule has 0 bridgehead atoms. The zero-order chi connectivity index (χ0) is 21.1. The number of aromatic nitrogens is 2. The molecule has 1 aliphatic heterocycles. The summed E-state index contributed by atoms with van der Waals surface area (Å²) >= 11 is 6.27. The Hall–Kier alpha value is -2.70. The standard InChI is InChI=1S/C23H26ClN5O/c1-15-3-4-17(12-21(15)24)14-26-22-20-11-16(13-25-2)5-6-19(20)23(28-27-22)29-9-7-18(30)8-10-29/h3-6,11-13,18,30H,7-10,14H2,1-2H3,(H,26,27). The first-order valence-electron chi connectivity index (χ1n) is 10.2. The Morgan fingerprint density at radius 1 is 1.17 bits per heavy atom. The van der Waals surface area contributed by atoms with Crippen LogP contribution in [-0.4, -0.2) is 47.8 Å². The number of aliphatic hydroxyl groups is 1. The molecule has 0 aliphatic carbocycles. The highest BCUT2D eigenvalue weighted by Gasteiger charge is 2.21. The van der Waals surface area contributed by atoms with Gasteiger partial charge in [-0.1, -0.05) is 29.8 Å². The molecule has 1 aliphatic rings. The second kappa shape index (κ2) is 8.98. The summed E-state index contributed by atoms with van der Waals surface area (Å²) < 4.78 is 0. The molecule has 6 nitrogen and oxygen atoms in total. The molecule has 4 rings (SSSR count). The van der Waals surface area contributed by atoms with Crippen LogP contribution in [0.15, 0.2) is 41.4 Å². The average Bonchev–Trinajstić information content (AvgIpc) is 2.75. The minimum atomic E-state index is -0.227. The fraction of sp³-hybridized carbons (Fsp3) is 0.348. The lowest BCUT2D eigenvalue weighted by Crippen LogP contribution is -2.36. The van der Waals surface area contributed by atoms with Crippen molar-refractivity contribution in [3.05, 3.63) is 58.1 Å². The maximum absolute atomic E-state index is 9.84. The first-order valence-corrected chi connectivity index (χ1v) is 10.6. The highest BCUT2D eigenvalue weighted by molar-refractivity contribution is 6.31. The summed E-state index contributed by atoms with van der Waals surface area (Å²) in [5, 5.41) is 25.1. The van der Waals surface area contributed by atoms with E-state index in [1.165, 1.54) is 0 Å². The van der Waals surface area contributed by atoms with E-state index in [0.29, 0.717) is 6.54 Å². The van der Waals surface area contributed by atoms with Crippen LogP contribution in [-0.2, 0) is 6.54 Å². The van der Waals surface area contributed by atoms with E-state index in [9.17, 15) is 5.11 Å². The number of rotatable bonds is 5. The number of hydrogen-bond donors (Lipinski definition) is 2. The lowest BCUT2D eigenvalue weighted by atomic mass is 10.1. The van der Waals surface area contributed by atoms with E-state index in [0.717, 1.165) is 70.1 Å². The Morgan fingerprint density at radius 3 is 2.70 bits per heavy atom. The first kappa shape index (κ1) is 20.6. The van der Waals surface area contributed by atoms with Crippen molar-refractivity contribution in [2.75, 3.05) is 30.4 Å². The Balaban J connectivity index is 1.68. The van der Waals surface area contributed by atoms with E-state index >= 15 is 0 Å². The fourth-order valence-electron chi connectivity index (χ4n) is 3.76. The lowest BCUT2D eigenvalue weighted by Gasteiger charge is -2.31. The Labute approximate surface area is 181 Å². The van der Waals surface area contributed by atoms with E-state index in [1.807, 2.05) is 31.3 Å². The van der Waals surface area contributed by atoms with E-state index in [2.05, 4.69) is 43.6 Å². The van der Waals surface area contributed by atoms with Crippen LogP contribution in [0.5, 0.6) is 0 Å². The molecule has 0 unspecified atom stereocenters. The lowest BCUT2D eigenvalue weighted by molar-refractivity contribution is 0.145. The smallest absolute Gasteiger partial charge is 0.159 e. The van der Waals surface area contributed by atoms with Crippen molar-refractivity contribution < 1.29 is 5.11 Å². The van der Waals surface area contributed by atoms with Crippen molar-refractivity contribution >= 4 is 40.2 Å². The van der Waals surface area contributed by atoms with Crippen LogP contribution in [0.4, 0.5) is 11.6 Å². The van der Waals surface area contributed by atoms with Gasteiger partial charge < -0.3 is 15.3 Å². The van der Waals surface area contributed by atoms with Gasteiger partial charge in [-0.05, 0) is 54.7 Å². The van der Waals surface area contributed by atoms with Gasteiger partial charge in [-0.2, -0.15) is 0 Å². The van der Waals surface area contributed by atoms with Gasteiger partial charge in [0.2, 0.25) is 0 Å². The molecule has 2 heterocycles. The normalized spacial score (nSPS) is 15.3. The third-order valence-corrected chi connectivity index (χ3v) is 5.93. The number of benzene rings is 2. The van der Waals surface area contributed by atoms with Crippen molar-refractivity contribution in [3.8, 4) is 0 Å². The molecule has 3 aromatic rings. The molecule has 1 aromatic heterocycles. The number of halogens is 1. The molecule has 0 spiro atoms. The third kappa shape index (κ3) is 4.40. The Morgan fingerprint density at radius 2 is 1.97 bits per heavy atom. The fourth-order valence-corrected chi connectivity index (χ4v) is 3.96. The SMILES string of the molecule is CN=Cc1ccc2c(N3CCC(O)CC3)nnc(NCc3ccc(C)c(Cl)c3)c2c1. The summed E-state index contributed by atoms with van der Waals surface area (Å²) in [6.45, 7) is 4.15. The Kier molecular flexibility index (Phi) is 6.16. The molecule has 156 valence electrons. The zero-order valence-electron chi connectivity index (χ0n) is 17.3. The minimum absolute atomic E-state index is 0.227. The number of aryl methyl sites for hydroxylation is 1. The monoisotopic (exact) mass is 423 g/mol. The predicted molar refractivity (Wildman–Crippen MR) is 124 cm³/mol. The summed E-state index contributed by atoms with van der Waals surface area (Å²) in [5.74, 6) is 1.59. The number of anilines is 2. The van der Waals surface area contributed by atoms with Gasteiger partial charge in [0.25, 0.3) is 0 Å². The van der Waals surface area contributed by atoms with Gasteiger partial charge in [-0.25, -0.2) is 0 Å². The van der Waals surface area contributed by atoms with Gasteiger partial charge in [-0.3, -0.25) is 4.99 Å². The maximum Gasteiger partial charge on any atom is 0.159 e. The van der Waals surface area contributed by atoms with Gasteiger partial charge >= 0.3 is 0 Å². The van der Waals surface area contributed by atoms with Gasteiger partial charge in [0.05, 0.1) is 6.10 Å². The van der Waals surface area contributed by atoms with Gasteiger partial charge in [0, 0.05) is 48.7 Å². The van der Waals surface area contributed by atoms with Gasteiger partial charge in [-0.15, -0.1) is 10.2 Å². The van der Waals surface area contributed by atoms with Gasteiger partial charge in [0.1, 0.15) is 0 Å². The molecule has 2 N–H and O–H groups in total. The maximum atomic E-state index is 9.84. The molecule has 0 amide bonds. The van der Waals surface area contributed by atoms with Crippen molar-refractivity contribution in [2.24, 2.45) is 4.99 Å². The number of fused-ring (bicyclic) bond motifs is 1. The molecule has 2 aromatic carbocycles. The number of aliphatic hydroxyl groups excluding tert-OH is 1. The second-order valence-electron chi connectivity index (χ2n) is 7.72. The van der Waals surface area contributed by atoms with Crippen LogP contribution >= 0.6 is 11.6 Å². The molecular formula is C23H26ClN5O. The van der Waals surface area contributed by atoms with Crippen LogP contribution < -0.4 is 10.2 Å². The van der Waals surface area contributed by atoms with Crippen molar-refractivity contribution in [1.82, 2.24) is 10.2 Å². The highest BCUT2D eigenvalue weighted by Crippen LogP contribution is 2.31. The zero-order valence-corrected chi connectivity index (χ0v) is 18.0. The van der Waals surface area contributed by atoms with Crippen molar-refractivity contribution in [3.63, 3.8) is 0 Å². The van der Waals surface area contributed by atoms with E-state index in [1.54, 1.807) is 7.05 Å². The summed E-state index contributed by atoms with van der Waals surface area (Å²) in [6, 6.07) is 12.3. The predicted octanol–water partition coefficient (Wildman–Crippen LogP) is 4.21. The summed E-state index contributed by atoms with van der Waals surface area (Å²) in [5.41, 5.74) is 3.16. The van der Waals surface area contributed by atoms with Gasteiger partial charge in [0.15, 0.2) is 11.6 Å². The highest BCUT2D eigenvalue weighted by atomic mass is 35.5. The number of piperidine rings is 1. The van der Waals surface area contributed by atoms with Crippen LogP contribution in [0.1, 0.15) is 29.5 Å². The average molecular weight is 424 g/mol. The summed E-state index contributed by atoms with van der Waals surface area (Å²) in [7, 11) is 1.76. The Bertz CT molecular complexity index is 1080.